The molecule has 4 rings (SSSR count). The van der Waals surface area contributed by atoms with Gasteiger partial charge in [0.05, 0.1) is 6.04 Å². The van der Waals surface area contributed by atoms with Crippen molar-refractivity contribution in [3.8, 4) is 0 Å². The van der Waals surface area contributed by atoms with Gasteiger partial charge in [0.1, 0.15) is 0 Å². The van der Waals surface area contributed by atoms with Crippen LogP contribution in [0.15, 0.2) is 30.3 Å². The molecule has 1 aliphatic carbocycles. The third-order valence-corrected chi connectivity index (χ3v) is 5.98. The van der Waals surface area contributed by atoms with Gasteiger partial charge in [-0.25, -0.2) is 0 Å². The highest BCUT2D eigenvalue weighted by atomic mass is 35.5. The monoisotopic (exact) mass is 391 g/mol. The molecule has 0 aromatic heterocycles. The molecule has 3 fully saturated rings. The van der Waals surface area contributed by atoms with Crippen molar-refractivity contribution in [3.63, 3.8) is 0 Å². The van der Waals surface area contributed by atoms with Gasteiger partial charge in [-0.05, 0) is 50.6 Å². The fourth-order valence-corrected chi connectivity index (χ4v) is 4.25. The predicted molar refractivity (Wildman–Crippen MR) is 108 cm³/mol. The fraction of sp³-hybridized carbons (Fsp3) is 0.619. The van der Waals surface area contributed by atoms with E-state index in [4.69, 9.17) is 0 Å². The Balaban J connectivity index is 0.00000210. The number of amides is 2. The predicted octanol–water partition coefficient (Wildman–Crippen LogP) is 2.59. The molecule has 1 N–H and O–H groups in total. The van der Waals surface area contributed by atoms with Crippen LogP contribution in [0.2, 0.25) is 0 Å². The fourth-order valence-electron chi connectivity index (χ4n) is 4.25. The number of carbonyl (C=O) groups excluding carboxylic acids is 2. The van der Waals surface area contributed by atoms with Crippen LogP contribution in [-0.2, 0) is 16.1 Å². The van der Waals surface area contributed by atoms with E-state index in [9.17, 15) is 9.59 Å². The smallest absolute Gasteiger partial charge is 0.239 e. The molecular formula is C21H30ClN3O2. The van der Waals surface area contributed by atoms with E-state index in [2.05, 4.69) is 22.3 Å². The van der Waals surface area contributed by atoms with Crippen molar-refractivity contribution in [3.05, 3.63) is 35.9 Å². The highest BCUT2D eigenvalue weighted by Crippen LogP contribution is 2.32. The third kappa shape index (κ3) is 4.82. The van der Waals surface area contributed by atoms with Crippen LogP contribution in [-0.4, -0.2) is 53.3 Å². The largest absolute Gasteiger partial charge is 0.341 e. The summed E-state index contributed by atoms with van der Waals surface area (Å²) in [6, 6.07) is 10.7. The summed E-state index contributed by atoms with van der Waals surface area (Å²) in [6.07, 6.45) is 5.89. The lowest BCUT2D eigenvalue weighted by atomic mass is 9.94. The van der Waals surface area contributed by atoms with Gasteiger partial charge >= 0.3 is 0 Å². The molecule has 2 amide bonds. The molecule has 2 aliphatic heterocycles. The van der Waals surface area contributed by atoms with E-state index in [-0.39, 0.29) is 30.3 Å². The molecule has 5 nitrogen and oxygen atoms in total. The van der Waals surface area contributed by atoms with E-state index in [1.807, 2.05) is 23.1 Å². The summed E-state index contributed by atoms with van der Waals surface area (Å²) >= 11 is 0. The van der Waals surface area contributed by atoms with Gasteiger partial charge in [0.2, 0.25) is 11.8 Å². The SMILES string of the molecule is Cl.O=C(C1CCCN1)N1CCC(C(=O)N(Cc2ccccc2)C2CC2)CC1. The summed E-state index contributed by atoms with van der Waals surface area (Å²) < 4.78 is 0. The molecule has 1 unspecified atom stereocenters. The van der Waals surface area contributed by atoms with Crippen LogP contribution in [0, 0.1) is 5.92 Å². The Labute approximate surface area is 167 Å². The van der Waals surface area contributed by atoms with Crippen LogP contribution in [0.25, 0.3) is 0 Å². The van der Waals surface area contributed by atoms with Crippen molar-refractivity contribution in [1.29, 1.82) is 0 Å². The zero-order chi connectivity index (χ0) is 17.9. The average Bonchev–Trinajstić information content (AvgIpc) is 3.39. The van der Waals surface area contributed by atoms with Crippen LogP contribution in [0.5, 0.6) is 0 Å². The maximum absolute atomic E-state index is 13.1. The van der Waals surface area contributed by atoms with Crippen molar-refractivity contribution in [2.45, 2.75) is 57.2 Å². The maximum atomic E-state index is 13.1. The van der Waals surface area contributed by atoms with Crippen molar-refractivity contribution in [2.75, 3.05) is 19.6 Å². The molecule has 2 heterocycles. The number of nitrogens with zero attached hydrogens (tertiary/aromatic N) is 2. The second kappa shape index (κ2) is 9.07. The molecule has 0 bridgehead atoms. The Hall–Kier alpha value is -1.59. The molecule has 0 radical (unpaired) electrons. The molecular weight excluding hydrogens is 362 g/mol. The topological polar surface area (TPSA) is 52.7 Å². The standard InChI is InChI=1S/C21H29N3O2.ClH/c25-20(24(18-8-9-18)15-16-5-2-1-3-6-16)17-10-13-23(14-11-17)21(26)19-7-4-12-22-19;/h1-3,5-6,17-19,22H,4,7-15H2;1H. The Kier molecular flexibility index (Phi) is 6.77. The van der Waals surface area contributed by atoms with Gasteiger partial charge in [-0.15, -0.1) is 12.4 Å². The Morgan fingerprint density at radius 2 is 1.74 bits per heavy atom. The molecule has 6 heteroatoms. The lowest BCUT2D eigenvalue weighted by Crippen LogP contribution is -2.49. The quantitative estimate of drug-likeness (QED) is 0.839. The van der Waals surface area contributed by atoms with Crippen LogP contribution < -0.4 is 5.32 Å². The van der Waals surface area contributed by atoms with Gasteiger partial charge in [0.25, 0.3) is 0 Å². The second-order valence-corrected chi connectivity index (χ2v) is 7.93. The van der Waals surface area contributed by atoms with Crippen LogP contribution in [0.1, 0.15) is 44.1 Å². The highest BCUT2D eigenvalue weighted by Gasteiger charge is 2.38. The number of hydrogen-bond donors (Lipinski definition) is 1. The minimum atomic E-state index is 0. The number of nitrogens with one attached hydrogen (secondary N) is 1. The van der Waals surface area contributed by atoms with Gasteiger partial charge in [0.15, 0.2) is 0 Å². The van der Waals surface area contributed by atoms with E-state index in [0.717, 1.165) is 64.7 Å². The van der Waals surface area contributed by atoms with Crippen molar-refractivity contribution >= 4 is 24.2 Å². The lowest BCUT2D eigenvalue weighted by Gasteiger charge is -2.35. The number of piperidine rings is 1. The first-order chi connectivity index (χ1) is 12.7. The van der Waals surface area contributed by atoms with Crippen LogP contribution in [0.3, 0.4) is 0 Å². The summed E-state index contributed by atoms with van der Waals surface area (Å²) in [5.74, 6) is 0.596. The molecule has 2 saturated heterocycles. The van der Waals surface area contributed by atoms with Gasteiger partial charge in [0, 0.05) is 31.6 Å². The van der Waals surface area contributed by atoms with E-state index < -0.39 is 0 Å². The minimum absolute atomic E-state index is 0. The van der Waals surface area contributed by atoms with E-state index in [1.54, 1.807) is 0 Å². The minimum Gasteiger partial charge on any atom is -0.341 e. The number of likely N-dealkylation sites (tertiary alicyclic amines) is 1. The Morgan fingerprint density at radius 1 is 1.04 bits per heavy atom. The van der Waals surface area contributed by atoms with Crippen molar-refractivity contribution < 1.29 is 9.59 Å². The summed E-state index contributed by atoms with van der Waals surface area (Å²) in [5.41, 5.74) is 1.20. The van der Waals surface area contributed by atoms with E-state index >= 15 is 0 Å². The van der Waals surface area contributed by atoms with Crippen LogP contribution >= 0.6 is 12.4 Å². The first-order valence-corrected chi connectivity index (χ1v) is 10.1. The summed E-state index contributed by atoms with van der Waals surface area (Å²) in [7, 11) is 0. The number of carbonyl (C=O) groups is 2. The third-order valence-electron chi connectivity index (χ3n) is 5.98. The summed E-state index contributed by atoms with van der Waals surface area (Å²) in [6.45, 7) is 3.10. The van der Waals surface area contributed by atoms with E-state index in [0.29, 0.717) is 11.9 Å². The number of hydrogen-bond acceptors (Lipinski definition) is 3. The molecule has 148 valence electrons. The van der Waals surface area contributed by atoms with E-state index in [1.165, 1.54) is 5.56 Å². The molecule has 1 aromatic rings. The zero-order valence-corrected chi connectivity index (χ0v) is 16.6. The molecule has 1 aromatic carbocycles. The highest BCUT2D eigenvalue weighted by molar-refractivity contribution is 5.85. The Bertz CT molecular complexity index is 636. The average molecular weight is 392 g/mol. The number of halogens is 1. The summed E-state index contributed by atoms with van der Waals surface area (Å²) in [5, 5.41) is 3.29. The molecule has 1 atom stereocenters. The van der Waals surface area contributed by atoms with Crippen LogP contribution in [0.4, 0.5) is 0 Å². The van der Waals surface area contributed by atoms with Crippen molar-refractivity contribution in [2.24, 2.45) is 5.92 Å². The van der Waals surface area contributed by atoms with Gasteiger partial charge < -0.3 is 15.1 Å². The molecule has 0 spiro atoms. The first kappa shape index (κ1) is 20.2. The second-order valence-electron chi connectivity index (χ2n) is 7.93. The van der Waals surface area contributed by atoms with Gasteiger partial charge in [-0.2, -0.15) is 0 Å². The molecule has 1 saturated carbocycles. The maximum Gasteiger partial charge on any atom is 0.239 e. The summed E-state index contributed by atoms with van der Waals surface area (Å²) in [4.78, 5) is 29.7. The normalized spacial score (nSPS) is 23.0. The van der Waals surface area contributed by atoms with Gasteiger partial charge in [-0.1, -0.05) is 30.3 Å². The number of rotatable bonds is 5. The first-order valence-electron chi connectivity index (χ1n) is 10.1. The Morgan fingerprint density at radius 3 is 2.33 bits per heavy atom. The van der Waals surface area contributed by atoms with Crippen molar-refractivity contribution in [1.82, 2.24) is 15.1 Å². The zero-order valence-electron chi connectivity index (χ0n) is 15.8. The molecule has 3 aliphatic rings. The lowest BCUT2D eigenvalue weighted by molar-refractivity contribution is -0.142. The van der Waals surface area contributed by atoms with Gasteiger partial charge in [-0.3, -0.25) is 9.59 Å². The number of benzene rings is 1. The molecule has 27 heavy (non-hydrogen) atoms.